The van der Waals surface area contributed by atoms with Crippen LogP contribution >= 0.6 is 0 Å². The van der Waals surface area contributed by atoms with Crippen LogP contribution in [-0.4, -0.2) is 19.5 Å². The lowest BCUT2D eigenvalue weighted by Crippen LogP contribution is -2.38. The number of fused-ring (bicyclic) bond motifs is 5. The van der Waals surface area contributed by atoms with Crippen LogP contribution in [0.1, 0.15) is 22.3 Å². The highest BCUT2D eigenvalue weighted by atomic mass is 15.3. The van der Waals surface area contributed by atoms with Gasteiger partial charge in [-0.1, -0.05) is 218 Å². The SMILES string of the molecule is c1ccc(-c2ccc(-n3c4ccccc4c4cc(-c5ccc6c(c5)N(c5nc(-c7ccccc7)nc(-c7ccccc7)n5)c5ccccc5C6(c5ccccc5)c5ccccc5)ccc43)cc2)cc1. The van der Waals surface area contributed by atoms with Crippen molar-refractivity contribution in [3.05, 3.63) is 283 Å². The van der Waals surface area contributed by atoms with E-state index in [1.165, 1.54) is 38.5 Å². The van der Waals surface area contributed by atoms with Gasteiger partial charge in [-0.2, -0.15) is 9.97 Å². The molecule has 5 heteroatoms. The molecule has 0 radical (unpaired) electrons. The third-order valence-electron chi connectivity index (χ3n) is 13.7. The van der Waals surface area contributed by atoms with Crippen LogP contribution in [0.4, 0.5) is 17.3 Å². The zero-order valence-electron chi connectivity index (χ0n) is 37.6. The summed E-state index contributed by atoms with van der Waals surface area (Å²) >= 11 is 0. The monoisotopic (exact) mass is 881 g/mol. The lowest BCUT2D eigenvalue weighted by atomic mass is 9.62. The molecule has 12 aromatic rings. The molecule has 324 valence electrons. The second kappa shape index (κ2) is 16.6. The normalized spacial score (nSPS) is 12.7. The van der Waals surface area contributed by atoms with E-state index >= 15 is 0 Å². The largest absolute Gasteiger partial charge is 0.309 e. The first-order valence-corrected chi connectivity index (χ1v) is 23.4. The Bertz CT molecular complexity index is 3720. The number of benzene rings is 10. The number of anilines is 3. The molecule has 1 aliphatic heterocycles. The second-order valence-corrected chi connectivity index (χ2v) is 17.6. The molecule has 0 N–H and O–H groups in total. The average molecular weight is 882 g/mol. The number of para-hydroxylation sites is 2. The van der Waals surface area contributed by atoms with Crippen molar-refractivity contribution in [1.82, 2.24) is 19.5 Å². The van der Waals surface area contributed by atoms with Crippen LogP contribution in [0.15, 0.2) is 261 Å². The maximum atomic E-state index is 5.38. The lowest BCUT2D eigenvalue weighted by molar-refractivity contribution is 0.728. The van der Waals surface area contributed by atoms with E-state index in [1.54, 1.807) is 0 Å². The molecular weight excluding hydrogens is 839 g/mol. The first kappa shape index (κ1) is 40.1. The van der Waals surface area contributed by atoms with Crippen molar-refractivity contribution in [2.45, 2.75) is 5.41 Å². The second-order valence-electron chi connectivity index (χ2n) is 17.6. The highest BCUT2D eigenvalue weighted by Crippen LogP contribution is 2.58. The third-order valence-corrected chi connectivity index (χ3v) is 13.7. The smallest absolute Gasteiger partial charge is 0.238 e. The van der Waals surface area contributed by atoms with Gasteiger partial charge in [0.1, 0.15) is 0 Å². The fraction of sp³-hybridized carbons (Fsp3) is 0.0156. The summed E-state index contributed by atoms with van der Waals surface area (Å²) in [4.78, 5) is 18.1. The first-order valence-electron chi connectivity index (χ1n) is 23.4. The van der Waals surface area contributed by atoms with Crippen LogP contribution in [0.2, 0.25) is 0 Å². The topological polar surface area (TPSA) is 46.8 Å². The summed E-state index contributed by atoms with van der Waals surface area (Å²) in [7, 11) is 0. The van der Waals surface area contributed by atoms with Crippen molar-refractivity contribution in [3.8, 4) is 50.7 Å². The molecule has 0 spiro atoms. The van der Waals surface area contributed by atoms with Gasteiger partial charge in [0, 0.05) is 27.6 Å². The third kappa shape index (κ3) is 6.66. The van der Waals surface area contributed by atoms with Gasteiger partial charge in [-0.3, -0.25) is 4.90 Å². The van der Waals surface area contributed by atoms with Gasteiger partial charge in [-0.25, -0.2) is 4.98 Å². The van der Waals surface area contributed by atoms with Crippen molar-refractivity contribution < 1.29 is 0 Å². The summed E-state index contributed by atoms with van der Waals surface area (Å²) in [5.74, 6) is 1.75. The Kier molecular flexibility index (Phi) is 9.65. The fourth-order valence-corrected chi connectivity index (χ4v) is 10.6. The maximum Gasteiger partial charge on any atom is 0.238 e. The summed E-state index contributed by atoms with van der Waals surface area (Å²) in [6, 6.07) is 93.1. The van der Waals surface area contributed by atoms with Crippen LogP contribution in [-0.2, 0) is 5.41 Å². The molecule has 0 aliphatic carbocycles. The van der Waals surface area contributed by atoms with E-state index in [1.807, 2.05) is 36.4 Å². The molecule has 0 atom stereocenters. The van der Waals surface area contributed by atoms with Crippen molar-refractivity contribution in [2.24, 2.45) is 0 Å². The van der Waals surface area contributed by atoms with Gasteiger partial charge in [0.05, 0.1) is 27.8 Å². The van der Waals surface area contributed by atoms with E-state index in [0.29, 0.717) is 17.6 Å². The Labute approximate surface area is 401 Å². The quantitative estimate of drug-likeness (QED) is 0.153. The van der Waals surface area contributed by atoms with Crippen LogP contribution in [0, 0.1) is 0 Å². The average Bonchev–Trinajstić information content (AvgIpc) is 3.77. The molecule has 3 heterocycles. The van der Waals surface area contributed by atoms with Crippen LogP contribution in [0.5, 0.6) is 0 Å². The minimum absolute atomic E-state index is 0.542. The highest BCUT2D eigenvalue weighted by Gasteiger charge is 2.47. The van der Waals surface area contributed by atoms with Gasteiger partial charge in [-0.05, 0) is 87.0 Å². The van der Waals surface area contributed by atoms with Gasteiger partial charge in [0.15, 0.2) is 11.6 Å². The molecule has 0 saturated carbocycles. The Morgan fingerprint density at radius 2 is 0.768 bits per heavy atom. The van der Waals surface area contributed by atoms with Crippen molar-refractivity contribution in [3.63, 3.8) is 0 Å². The Hall–Kier alpha value is -9.19. The molecule has 13 rings (SSSR count). The molecule has 10 aromatic carbocycles. The van der Waals surface area contributed by atoms with Crippen molar-refractivity contribution in [2.75, 3.05) is 4.90 Å². The van der Waals surface area contributed by atoms with Crippen LogP contribution < -0.4 is 4.90 Å². The molecule has 69 heavy (non-hydrogen) atoms. The van der Waals surface area contributed by atoms with Gasteiger partial charge in [-0.15, -0.1) is 0 Å². The van der Waals surface area contributed by atoms with Gasteiger partial charge >= 0.3 is 0 Å². The first-order chi connectivity index (χ1) is 34.2. The number of aromatic nitrogens is 4. The zero-order valence-corrected chi connectivity index (χ0v) is 37.6. The number of hydrogen-bond acceptors (Lipinski definition) is 4. The summed E-state index contributed by atoms with van der Waals surface area (Å²) in [5, 5.41) is 2.39. The van der Waals surface area contributed by atoms with E-state index in [4.69, 9.17) is 15.0 Å². The minimum Gasteiger partial charge on any atom is -0.309 e. The molecule has 0 unspecified atom stereocenters. The lowest BCUT2D eigenvalue weighted by Gasteiger charge is -2.46. The molecule has 5 nitrogen and oxygen atoms in total. The van der Waals surface area contributed by atoms with Crippen molar-refractivity contribution in [1.29, 1.82) is 0 Å². The number of rotatable bonds is 8. The maximum absolute atomic E-state index is 5.38. The minimum atomic E-state index is -0.686. The van der Waals surface area contributed by atoms with E-state index < -0.39 is 5.41 Å². The van der Waals surface area contributed by atoms with Gasteiger partial charge < -0.3 is 4.57 Å². The summed E-state index contributed by atoms with van der Waals surface area (Å²) < 4.78 is 2.39. The molecule has 2 aromatic heterocycles. The summed E-state index contributed by atoms with van der Waals surface area (Å²) in [6.07, 6.45) is 0. The predicted molar refractivity (Wildman–Crippen MR) is 282 cm³/mol. The van der Waals surface area contributed by atoms with E-state index in [9.17, 15) is 0 Å². The van der Waals surface area contributed by atoms with E-state index in [2.05, 4.69) is 234 Å². The Morgan fingerprint density at radius 1 is 0.304 bits per heavy atom. The number of nitrogens with zero attached hydrogens (tertiary/aromatic N) is 5. The molecule has 0 bridgehead atoms. The highest BCUT2D eigenvalue weighted by molar-refractivity contribution is 6.10. The molecular formula is C64H43N5. The fourth-order valence-electron chi connectivity index (χ4n) is 10.6. The van der Waals surface area contributed by atoms with Gasteiger partial charge in [0.2, 0.25) is 5.95 Å². The predicted octanol–water partition coefficient (Wildman–Crippen LogP) is 15.8. The van der Waals surface area contributed by atoms with Crippen LogP contribution in [0.3, 0.4) is 0 Å². The number of hydrogen-bond donors (Lipinski definition) is 0. The van der Waals surface area contributed by atoms with Gasteiger partial charge in [0.25, 0.3) is 0 Å². The van der Waals surface area contributed by atoms with E-state index in [-0.39, 0.29) is 0 Å². The molecule has 0 amide bonds. The van der Waals surface area contributed by atoms with E-state index in [0.717, 1.165) is 56.0 Å². The van der Waals surface area contributed by atoms with Crippen LogP contribution in [0.25, 0.3) is 72.5 Å². The summed E-state index contributed by atoms with van der Waals surface area (Å²) in [6.45, 7) is 0. The van der Waals surface area contributed by atoms with Crippen molar-refractivity contribution >= 4 is 39.1 Å². The zero-order chi connectivity index (χ0) is 45.7. The molecule has 1 aliphatic rings. The Balaban J connectivity index is 1.05. The molecule has 0 fully saturated rings. The molecule has 0 saturated heterocycles. The summed E-state index contributed by atoms with van der Waals surface area (Å²) in [5.41, 5.74) is 15.8. The standard InChI is InChI=1S/C64H43N5/c1-6-20-44(21-7-1)45-34-38-52(39-35-45)68-57-32-18-16-30-53(57)54-42-48(37-41-58(54)68)49-36-40-56-60(43-49)69(63-66-61(46-22-8-2-9-23-46)65-62(67-63)47-24-10-3-11-25-47)59-33-19-17-31-55(59)64(56,50-26-12-4-13-27-50)51-28-14-5-15-29-51/h1-43H. The Morgan fingerprint density at radius 3 is 1.41 bits per heavy atom.